The number of hydrogen-bond donors (Lipinski definition) is 3. The lowest BCUT2D eigenvalue weighted by molar-refractivity contribution is -0.181. The lowest BCUT2D eigenvalue weighted by Crippen LogP contribution is -2.58. The monoisotopic (exact) mass is 336 g/mol. The van der Waals surface area contributed by atoms with Crippen LogP contribution in [0.15, 0.2) is 0 Å². The summed E-state index contributed by atoms with van der Waals surface area (Å²) < 4.78 is 0. The molecule has 0 heterocycles. The summed E-state index contributed by atoms with van der Waals surface area (Å²) in [5.74, 6) is 0.348. The molecular weight excluding hydrogens is 304 g/mol. The molecule has 0 radical (unpaired) electrons. The molecule has 3 N–H and O–H groups in total. The Kier molecular flexibility index (Phi) is 3.49. The molecule has 0 amide bonds. The Balaban J connectivity index is 1.73. The molecule has 0 aromatic heterocycles. The lowest BCUT2D eigenvalue weighted by Gasteiger charge is -2.63. The Morgan fingerprint density at radius 2 is 1.83 bits per heavy atom. The van der Waals surface area contributed by atoms with E-state index < -0.39 is 17.0 Å². The molecule has 4 nitrogen and oxygen atoms in total. The number of aliphatic carboxylic acids is 1. The highest BCUT2D eigenvalue weighted by Crippen LogP contribution is 2.72. The molecule has 0 aliphatic heterocycles. The molecule has 2 bridgehead atoms. The first-order valence-electron chi connectivity index (χ1n) is 9.77. The van der Waals surface area contributed by atoms with E-state index >= 15 is 0 Å². The highest BCUT2D eigenvalue weighted by Gasteiger charge is 2.68. The zero-order chi connectivity index (χ0) is 17.4. The first-order valence-corrected chi connectivity index (χ1v) is 9.77. The van der Waals surface area contributed by atoms with E-state index in [1.54, 1.807) is 0 Å². The SMILES string of the molecule is C[C@@]12CCC[C@](C)(C(=O)O)[C@@H]1CC[C@]13C[C@H](CC[C@@H]12)[C@@](O)(CO)C3. The number of carbonyl (C=O) groups is 1. The van der Waals surface area contributed by atoms with E-state index in [0.29, 0.717) is 5.92 Å². The number of rotatable bonds is 2. The van der Waals surface area contributed by atoms with E-state index in [1.165, 1.54) is 0 Å². The van der Waals surface area contributed by atoms with Crippen molar-refractivity contribution in [3.05, 3.63) is 0 Å². The number of fused-ring (bicyclic) bond motifs is 3. The van der Waals surface area contributed by atoms with Crippen LogP contribution in [0.1, 0.15) is 71.6 Å². The molecule has 0 aromatic carbocycles. The van der Waals surface area contributed by atoms with Crippen LogP contribution in [0.25, 0.3) is 0 Å². The third kappa shape index (κ3) is 1.90. The van der Waals surface area contributed by atoms with Gasteiger partial charge in [0.2, 0.25) is 0 Å². The van der Waals surface area contributed by atoms with Gasteiger partial charge in [0.25, 0.3) is 0 Å². The Hall–Kier alpha value is -0.610. The van der Waals surface area contributed by atoms with Crippen LogP contribution in [0.2, 0.25) is 0 Å². The molecule has 4 fully saturated rings. The van der Waals surface area contributed by atoms with Gasteiger partial charge in [-0.05, 0) is 86.9 Å². The van der Waals surface area contributed by atoms with Crippen molar-refractivity contribution < 1.29 is 20.1 Å². The second-order valence-corrected chi connectivity index (χ2v) is 10.0. The summed E-state index contributed by atoms with van der Waals surface area (Å²) in [5, 5.41) is 30.6. The van der Waals surface area contributed by atoms with Crippen LogP contribution < -0.4 is 0 Å². The predicted molar refractivity (Wildman–Crippen MR) is 90.3 cm³/mol. The van der Waals surface area contributed by atoms with Crippen molar-refractivity contribution in [2.24, 2.45) is 34.0 Å². The van der Waals surface area contributed by atoms with E-state index in [4.69, 9.17) is 0 Å². The van der Waals surface area contributed by atoms with Crippen molar-refractivity contribution in [1.29, 1.82) is 0 Å². The molecule has 4 rings (SSSR count). The van der Waals surface area contributed by atoms with E-state index in [9.17, 15) is 20.1 Å². The average molecular weight is 336 g/mol. The first kappa shape index (κ1) is 16.8. The maximum Gasteiger partial charge on any atom is 0.309 e. The zero-order valence-corrected chi connectivity index (χ0v) is 15.1. The lowest BCUT2D eigenvalue weighted by atomic mass is 9.41. The van der Waals surface area contributed by atoms with Gasteiger partial charge in [0.15, 0.2) is 0 Å². The van der Waals surface area contributed by atoms with E-state index in [-0.39, 0.29) is 29.3 Å². The van der Waals surface area contributed by atoms with E-state index in [1.807, 2.05) is 6.92 Å². The summed E-state index contributed by atoms with van der Waals surface area (Å²) >= 11 is 0. The second kappa shape index (κ2) is 4.97. The van der Waals surface area contributed by atoms with Crippen molar-refractivity contribution >= 4 is 5.97 Å². The molecule has 4 aliphatic rings. The quantitative estimate of drug-likeness (QED) is 0.723. The third-order valence-corrected chi connectivity index (χ3v) is 9.08. The zero-order valence-electron chi connectivity index (χ0n) is 15.1. The number of aliphatic hydroxyl groups is 2. The van der Waals surface area contributed by atoms with Crippen LogP contribution >= 0.6 is 0 Å². The highest BCUT2D eigenvalue weighted by molar-refractivity contribution is 5.75. The number of carboxylic acids is 1. The Bertz CT molecular complexity index is 562. The van der Waals surface area contributed by atoms with Crippen molar-refractivity contribution in [2.75, 3.05) is 6.61 Å². The maximum atomic E-state index is 12.1. The molecule has 4 aliphatic carbocycles. The fourth-order valence-corrected chi connectivity index (χ4v) is 8.06. The first-order chi connectivity index (χ1) is 11.2. The van der Waals surface area contributed by atoms with Gasteiger partial charge in [0.1, 0.15) is 0 Å². The molecule has 24 heavy (non-hydrogen) atoms. The standard InChI is InChI=1S/C20H32O4/c1-17-7-3-8-18(2,16(22)23)14(17)6-9-19-10-13(4-5-15(17)19)20(24,11-19)12-21/h13-15,21,24H,3-12H2,1-2H3,(H,22,23)/t13-,14+,15+,17+,18-,19+,20-/m0/s1. The van der Waals surface area contributed by atoms with Crippen molar-refractivity contribution in [1.82, 2.24) is 0 Å². The summed E-state index contributed by atoms with van der Waals surface area (Å²) in [6.45, 7) is 4.19. The summed E-state index contributed by atoms with van der Waals surface area (Å²) in [6.07, 6.45) is 8.73. The van der Waals surface area contributed by atoms with Crippen LogP contribution in [-0.4, -0.2) is 33.5 Å². The smallest absolute Gasteiger partial charge is 0.309 e. The van der Waals surface area contributed by atoms with Crippen molar-refractivity contribution in [3.8, 4) is 0 Å². The minimum absolute atomic E-state index is 0.0648. The topological polar surface area (TPSA) is 77.8 Å². The van der Waals surface area contributed by atoms with Gasteiger partial charge < -0.3 is 15.3 Å². The molecule has 7 atom stereocenters. The Labute approximate surface area is 144 Å². The molecule has 0 unspecified atom stereocenters. The van der Waals surface area contributed by atoms with Crippen LogP contribution in [0.5, 0.6) is 0 Å². The van der Waals surface area contributed by atoms with Gasteiger partial charge in [-0.3, -0.25) is 4.79 Å². The molecular formula is C20H32O4. The van der Waals surface area contributed by atoms with Crippen molar-refractivity contribution in [3.63, 3.8) is 0 Å². The molecule has 4 saturated carbocycles. The van der Waals surface area contributed by atoms with E-state index in [2.05, 4.69) is 6.92 Å². The number of aliphatic hydroxyl groups excluding tert-OH is 1. The fourth-order valence-electron chi connectivity index (χ4n) is 8.06. The normalized spacial score (nSPS) is 56.4. The van der Waals surface area contributed by atoms with Gasteiger partial charge in [-0.1, -0.05) is 13.3 Å². The minimum atomic E-state index is -0.900. The average Bonchev–Trinajstić information content (AvgIpc) is 2.73. The van der Waals surface area contributed by atoms with Crippen LogP contribution in [-0.2, 0) is 4.79 Å². The maximum absolute atomic E-state index is 12.1. The highest BCUT2D eigenvalue weighted by atomic mass is 16.4. The predicted octanol–water partition coefficient (Wildman–Crippen LogP) is 3.21. The Morgan fingerprint density at radius 3 is 2.50 bits per heavy atom. The Morgan fingerprint density at radius 1 is 1.08 bits per heavy atom. The summed E-state index contributed by atoms with van der Waals surface area (Å²) in [4.78, 5) is 12.1. The fraction of sp³-hybridized carbons (Fsp3) is 0.950. The van der Waals surface area contributed by atoms with Crippen molar-refractivity contribution in [2.45, 2.75) is 77.2 Å². The molecule has 4 heteroatoms. The van der Waals surface area contributed by atoms with Gasteiger partial charge in [-0.2, -0.15) is 0 Å². The van der Waals surface area contributed by atoms with Crippen LogP contribution in [0, 0.1) is 34.0 Å². The van der Waals surface area contributed by atoms with E-state index in [0.717, 1.165) is 57.8 Å². The second-order valence-electron chi connectivity index (χ2n) is 10.0. The van der Waals surface area contributed by atoms with Crippen LogP contribution in [0.4, 0.5) is 0 Å². The van der Waals surface area contributed by atoms with Gasteiger partial charge in [-0.15, -0.1) is 0 Å². The van der Waals surface area contributed by atoms with Gasteiger partial charge in [0.05, 0.1) is 17.6 Å². The van der Waals surface area contributed by atoms with Gasteiger partial charge in [0, 0.05) is 0 Å². The molecule has 0 saturated heterocycles. The van der Waals surface area contributed by atoms with Gasteiger partial charge in [-0.25, -0.2) is 0 Å². The largest absolute Gasteiger partial charge is 0.481 e. The molecule has 136 valence electrons. The summed E-state index contributed by atoms with van der Waals surface area (Å²) in [7, 11) is 0. The third-order valence-electron chi connectivity index (χ3n) is 9.08. The summed E-state index contributed by atoms with van der Waals surface area (Å²) in [6, 6.07) is 0. The minimum Gasteiger partial charge on any atom is -0.481 e. The molecule has 0 aromatic rings. The molecule has 1 spiro atoms. The summed E-state index contributed by atoms with van der Waals surface area (Å²) in [5.41, 5.74) is -1.31. The van der Waals surface area contributed by atoms with Crippen LogP contribution in [0.3, 0.4) is 0 Å². The van der Waals surface area contributed by atoms with Gasteiger partial charge >= 0.3 is 5.97 Å². The number of carboxylic acid groups (broad SMARTS) is 1. The number of hydrogen-bond acceptors (Lipinski definition) is 3.